The van der Waals surface area contributed by atoms with Gasteiger partial charge in [-0.2, -0.15) is 0 Å². The summed E-state index contributed by atoms with van der Waals surface area (Å²) in [6.45, 7) is 3.73. The highest BCUT2D eigenvalue weighted by Gasteiger charge is 2.45. The van der Waals surface area contributed by atoms with Crippen molar-refractivity contribution in [3.63, 3.8) is 0 Å². The second-order valence-electron chi connectivity index (χ2n) is 7.84. The van der Waals surface area contributed by atoms with Crippen molar-refractivity contribution in [1.82, 2.24) is 4.90 Å². The van der Waals surface area contributed by atoms with Crippen molar-refractivity contribution < 1.29 is 19.4 Å². The SMILES string of the molecule is CC(=O)Nc1ccccc1OC[C@@H](O)CN1CCC2(Cc3cc(Cl)ccc3O2)C1. The van der Waals surface area contributed by atoms with Crippen LogP contribution in [0.5, 0.6) is 11.5 Å². The summed E-state index contributed by atoms with van der Waals surface area (Å²) in [7, 11) is 0. The van der Waals surface area contributed by atoms with E-state index in [1.165, 1.54) is 6.92 Å². The molecule has 0 bridgehead atoms. The van der Waals surface area contributed by atoms with Crippen LogP contribution in [-0.2, 0) is 11.2 Å². The average molecular weight is 417 g/mol. The predicted molar refractivity (Wildman–Crippen MR) is 112 cm³/mol. The summed E-state index contributed by atoms with van der Waals surface area (Å²) in [5, 5.41) is 13.9. The van der Waals surface area contributed by atoms with Gasteiger partial charge in [-0.1, -0.05) is 23.7 Å². The summed E-state index contributed by atoms with van der Waals surface area (Å²) < 4.78 is 12.0. The molecule has 2 heterocycles. The van der Waals surface area contributed by atoms with Gasteiger partial charge in [0, 0.05) is 44.4 Å². The summed E-state index contributed by atoms with van der Waals surface area (Å²) in [6, 6.07) is 13.0. The van der Waals surface area contributed by atoms with Gasteiger partial charge < -0.3 is 19.9 Å². The van der Waals surface area contributed by atoms with Gasteiger partial charge in [0.15, 0.2) is 0 Å². The molecule has 1 fully saturated rings. The number of fused-ring (bicyclic) bond motifs is 1. The molecule has 2 atom stereocenters. The van der Waals surface area contributed by atoms with Crippen LogP contribution in [0.1, 0.15) is 18.9 Å². The molecular weight excluding hydrogens is 392 g/mol. The zero-order valence-electron chi connectivity index (χ0n) is 16.4. The molecular formula is C22H25ClN2O4. The van der Waals surface area contributed by atoms with Crippen LogP contribution in [0.3, 0.4) is 0 Å². The molecule has 6 nitrogen and oxygen atoms in total. The van der Waals surface area contributed by atoms with Crippen LogP contribution in [0.15, 0.2) is 42.5 Å². The topological polar surface area (TPSA) is 71.0 Å². The largest absolute Gasteiger partial charge is 0.489 e. The van der Waals surface area contributed by atoms with Crippen LogP contribution in [0, 0.1) is 0 Å². The maximum Gasteiger partial charge on any atom is 0.221 e. The van der Waals surface area contributed by atoms with E-state index >= 15 is 0 Å². The zero-order valence-corrected chi connectivity index (χ0v) is 17.1. The smallest absolute Gasteiger partial charge is 0.221 e. The van der Waals surface area contributed by atoms with Crippen molar-refractivity contribution in [2.75, 3.05) is 31.6 Å². The van der Waals surface area contributed by atoms with E-state index in [4.69, 9.17) is 21.1 Å². The number of hydrogen-bond donors (Lipinski definition) is 2. The number of carbonyl (C=O) groups excluding carboxylic acids is 1. The molecule has 4 rings (SSSR count). The highest BCUT2D eigenvalue weighted by molar-refractivity contribution is 6.30. The number of rotatable bonds is 6. The summed E-state index contributed by atoms with van der Waals surface area (Å²) in [6.07, 6.45) is 1.11. The van der Waals surface area contributed by atoms with Crippen LogP contribution in [-0.4, -0.2) is 53.9 Å². The number of carbonyl (C=O) groups is 1. The Morgan fingerprint density at radius 1 is 1.38 bits per heavy atom. The van der Waals surface area contributed by atoms with Crippen molar-refractivity contribution >= 4 is 23.2 Å². The highest BCUT2D eigenvalue weighted by Crippen LogP contribution is 2.41. The number of hydrogen-bond acceptors (Lipinski definition) is 5. The van der Waals surface area contributed by atoms with E-state index in [1.807, 2.05) is 30.3 Å². The number of β-amino-alcohol motifs (C(OH)–C–C–N with tert-alkyl or cyclic N) is 1. The molecule has 0 saturated carbocycles. The van der Waals surface area contributed by atoms with Gasteiger partial charge in [-0.3, -0.25) is 9.69 Å². The standard InChI is InChI=1S/C22H25ClN2O4/c1-15(26)24-19-4-2-3-5-21(19)28-13-18(27)12-25-9-8-22(14-25)11-16-10-17(23)6-7-20(16)29-22/h2-7,10,18,27H,8-9,11-14H2,1H3,(H,24,26)/t18-,22?/m0/s1. The number of aliphatic hydroxyl groups excluding tert-OH is 1. The summed E-state index contributed by atoms with van der Waals surface area (Å²) in [5.41, 5.74) is 1.52. The fourth-order valence-corrected chi connectivity index (χ4v) is 4.33. The maximum absolute atomic E-state index is 11.3. The number of ether oxygens (including phenoxy) is 2. The molecule has 1 saturated heterocycles. The number of nitrogens with one attached hydrogen (secondary N) is 1. The Labute approximate surface area is 175 Å². The first-order valence-corrected chi connectivity index (χ1v) is 10.2. The monoisotopic (exact) mass is 416 g/mol. The van der Waals surface area contributed by atoms with Crippen LogP contribution in [0.2, 0.25) is 5.02 Å². The average Bonchev–Trinajstić information content (AvgIpc) is 3.22. The van der Waals surface area contributed by atoms with Gasteiger partial charge in [0.05, 0.1) is 5.69 Å². The molecule has 2 aliphatic heterocycles. The third-order valence-electron chi connectivity index (χ3n) is 5.35. The molecule has 2 N–H and O–H groups in total. The first-order chi connectivity index (χ1) is 13.9. The van der Waals surface area contributed by atoms with Crippen LogP contribution in [0.4, 0.5) is 5.69 Å². The Morgan fingerprint density at radius 2 is 2.21 bits per heavy atom. The molecule has 154 valence electrons. The number of para-hydroxylation sites is 2. The number of anilines is 1. The number of amides is 1. The quantitative estimate of drug-likeness (QED) is 0.757. The minimum Gasteiger partial charge on any atom is -0.489 e. The molecule has 1 amide bonds. The number of halogens is 1. The fraction of sp³-hybridized carbons (Fsp3) is 0.409. The summed E-state index contributed by atoms with van der Waals surface area (Å²) >= 11 is 6.10. The van der Waals surface area contributed by atoms with E-state index < -0.39 is 6.10 Å². The van der Waals surface area contributed by atoms with Crippen LogP contribution >= 0.6 is 11.6 Å². The van der Waals surface area contributed by atoms with E-state index in [9.17, 15) is 9.90 Å². The molecule has 0 radical (unpaired) electrons. The molecule has 1 spiro atoms. The lowest BCUT2D eigenvalue weighted by molar-refractivity contribution is -0.114. The second kappa shape index (κ2) is 8.22. The van der Waals surface area contributed by atoms with Gasteiger partial charge in [-0.05, 0) is 35.9 Å². The zero-order chi connectivity index (χ0) is 20.4. The van der Waals surface area contributed by atoms with Crippen LogP contribution in [0.25, 0.3) is 0 Å². The second-order valence-corrected chi connectivity index (χ2v) is 8.28. The van der Waals surface area contributed by atoms with Gasteiger partial charge in [0.2, 0.25) is 5.91 Å². The van der Waals surface area contributed by atoms with E-state index in [2.05, 4.69) is 10.2 Å². The molecule has 7 heteroatoms. The Bertz CT molecular complexity index is 906. The van der Waals surface area contributed by atoms with Crippen molar-refractivity contribution in [1.29, 1.82) is 0 Å². The lowest BCUT2D eigenvalue weighted by Gasteiger charge is -2.25. The van der Waals surface area contributed by atoms with Crippen molar-refractivity contribution in [2.45, 2.75) is 31.5 Å². The normalized spacial score (nSPS) is 21.6. The Balaban J connectivity index is 1.30. The fourth-order valence-electron chi connectivity index (χ4n) is 4.14. The first-order valence-electron chi connectivity index (χ1n) is 9.80. The predicted octanol–water partition coefficient (Wildman–Crippen LogP) is 3.12. The number of aliphatic hydroxyl groups is 1. The first kappa shape index (κ1) is 20.0. The third-order valence-corrected chi connectivity index (χ3v) is 5.59. The van der Waals surface area contributed by atoms with Gasteiger partial charge in [0.25, 0.3) is 0 Å². The van der Waals surface area contributed by atoms with E-state index in [0.29, 0.717) is 18.0 Å². The number of nitrogens with zero attached hydrogens (tertiary/aromatic N) is 1. The number of benzene rings is 2. The molecule has 2 aliphatic rings. The van der Waals surface area contributed by atoms with E-state index in [-0.39, 0.29) is 18.1 Å². The third kappa shape index (κ3) is 4.66. The van der Waals surface area contributed by atoms with E-state index in [0.717, 1.165) is 42.3 Å². The summed E-state index contributed by atoms with van der Waals surface area (Å²) in [4.78, 5) is 13.5. The Hall–Kier alpha value is -2.28. The lowest BCUT2D eigenvalue weighted by Crippen LogP contribution is -2.40. The highest BCUT2D eigenvalue weighted by atomic mass is 35.5. The maximum atomic E-state index is 11.3. The van der Waals surface area contributed by atoms with Crippen molar-refractivity contribution in [2.24, 2.45) is 0 Å². The Kier molecular flexibility index (Phi) is 5.67. The van der Waals surface area contributed by atoms with Gasteiger partial charge in [0.1, 0.15) is 29.8 Å². The van der Waals surface area contributed by atoms with Gasteiger partial charge in [-0.15, -0.1) is 0 Å². The molecule has 0 aliphatic carbocycles. The van der Waals surface area contributed by atoms with E-state index in [1.54, 1.807) is 12.1 Å². The summed E-state index contributed by atoms with van der Waals surface area (Å²) in [5.74, 6) is 1.30. The van der Waals surface area contributed by atoms with Crippen LogP contribution < -0.4 is 14.8 Å². The van der Waals surface area contributed by atoms with Crippen molar-refractivity contribution in [3.05, 3.63) is 53.1 Å². The minimum atomic E-state index is -0.645. The van der Waals surface area contributed by atoms with Crippen molar-refractivity contribution in [3.8, 4) is 11.5 Å². The molecule has 2 aromatic rings. The van der Waals surface area contributed by atoms with Gasteiger partial charge in [-0.25, -0.2) is 0 Å². The molecule has 0 aromatic heterocycles. The molecule has 2 aromatic carbocycles. The molecule has 29 heavy (non-hydrogen) atoms. The van der Waals surface area contributed by atoms with Gasteiger partial charge >= 0.3 is 0 Å². The Morgan fingerprint density at radius 3 is 3.03 bits per heavy atom. The minimum absolute atomic E-state index is 0.150. The number of likely N-dealkylation sites (tertiary alicyclic amines) is 1. The molecule has 1 unspecified atom stereocenters. The lowest BCUT2D eigenvalue weighted by atomic mass is 9.96.